The molecule has 2 heterocycles. The number of nitrogens with zero attached hydrogens (tertiary/aromatic N) is 2. The molecule has 0 bridgehead atoms. The van der Waals surface area contributed by atoms with Crippen LogP contribution < -0.4 is 10.5 Å². The van der Waals surface area contributed by atoms with Crippen LogP contribution in [0, 0.1) is 5.92 Å². The van der Waals surface area contributed by atoms with Crippen molar-refractivity contribution in [1.82, 2.24) is 9.88 Å². The van der Waals surface area contributed by atoms with Crippen LogP contribution in [0.25, 0.3) is 21.9 Å². The predicted octanol–water partition coefficient (Wildman–Crippen LogP) is 6.76. The van der Waals surface area contributed by atoms with Gasteiger partial charge in [-0.25, -0.2) is 9.78 Å². The Bertz CT molecular complexity index is 1680. The predicted molar refractivity (Wildman–Crippen MR) is 166 cm³/mol. The van der Waals surface area contributed by atoms with E-state index in [1.165, 1.54) is 5.56 Å². The van der Waals surface area contributed by atoms with Crippen molar-refractivity contribution in [2.24, 2.45) is 5.92 Å². The van der Waals surface area contributed by atoms with Crippen molar-refractivity contribution >= 4 is 28.7 Å². The second kappa shape index (κ2) is 11.6. The number of carboxylic acids is 1. The molecule has 1 unspecified atom stereocenters. The van der Waals surface area contributed by atoms with Gasteiger partial charge in [-0.3, -0.25) is 4.79 Å². The fourth-order valence-electron chi connectivity index (χ4n) is 6.54. The van der Waals surface area contributed by atoms with E-state index in [1.54, 1.807) is 12.3 Å². The number of hydrogen-bond acceptors (Lipinski definition) is 6. The molecular weight excluding hydrogens is 542 g/mol. The number of carbonyl (C=O) groups excluding carboxylic acids is 1. The fraction of sp³-hybridized carbons (Fsp3) is 0.343. The van der Waals surface area contributed by atoms with Gasteiger partial charge in [0.25, 0.3) is 0 Å². The van der Waals surface area contributed by atoms with Gasteiger partial charge in [0.15, 0.2) is 0 Å². The molecule has 8 heteroatoms. The lowest BCUT2D eigenvalue weighted by molar-refractivity contribution is -0.136. The van der Waals surface area contributed by atoms with E-state index in [-0.39, 0.29) is 30.0 Å². The number of aliphatic carboxylic acids is 1. The molecular formula is C35H37N3O5. The zero-order chi connectivity index (χ0) is 30.1. The summed E-state index contributed by atoms with van der Waals surface area (Å²) in [6.45, 7) is 5.68. The summed E-state index contributed by atoms with van der Waals surface area (Å²) in [5.74, 6) is 0.466. The molecule has 1 saturated heterocycles. The normalized spacial score (nSPS) is 17.3. The van der Waals surface area contributed by atoms with Crippen molar-refractivity contribution < 1.29 is 24.2 Å². The molecule has 3 N–H and O–H groups in total. The third-order valence-corrected chi connectivity index (χ3v) is 8.78. The fourth-order valence-corrected chi connectivity index (χ4v) is 6.54. The highest BCUT2D eigenvalue weighted by Crippen LogP contribution is 2.53. The number of fused-ring (bicyclic) bond motifs is 3. The minimum Gasteiger partial charge on any atom is -0.485 e. The number of aromatic nitrogens is 1. The molecule has 1 aromatic heterocycles. The van der Waals surface area contributed by atoms with E-state index in [2.05, 4.69) is 41.4 Å². The number of rotatable bonds is 7. The molecule has 6 rings (SSSR count). The Balaban J connectivity index is 1.34. The number of piperidine rings is 1. The molecule has 1 aliphatic heterocycles. The van der Waals surface area contributed by atoms with Crippen LogP contribution in [0.2, 0.25) is 0 Å². The zero-order valence-corrected chi connectivity index (χ0v) is 24.6. The van der Waals surface area contributed by atoms with Crippen LogP contribution in [0.4, 0.5) is 10.6 Å². The third-order valence-electron chi connectivity index (χ3n) is 8.78. The smallest absolute Gasteiger partial charge is 0.409 e. The summed E-state index contributed by atoms with van der Waals surface area (Å²) in [5, 5.41) is 11.4. The zero-order valence-electron chi connectivity index (χ0n) is 24.6. The number of ether oxygens (including phenoxy) is 2. The van der Waals surface area contributed by atoms with Crippen LogP contribution in [-0.2, 0) is 21.4 Å². The lowest BCUT2D eigenvalue weighted by Gasteiger charge is -2.39. The van der Waals surface area contributed by atoms with Gasteiger partial charge >= 0.3 is 12.1 Å². The van der Waals surface area contributed by atoms with E-state index >= 15 is 0 Å². The molecule has 1 spiro atoms. The van der Waals surface area contributed by atoms with Crippen molar-refractivity contribution in [2.75, 3.05) is 25.4 Å². The van der Waals surface area contributed by atoms with E-state index in [0.717, 1.165) is 46.7 Å². The second-order valence-corrected chi connectivity index (χ2v) is 12.2. The van der Waals surface area contributed by atoms with Crippen molar-refractivity contribution in [3.05, 3.63) is 89.6 Å². The molecule has 0 saturated carbocycles. The Kier molecular flexibility index (Phi) is 7.69. The number of carbonyl (C=O) groups is 2. The lowest BCUT2D eigenvalue weighted by Crippen LogP contribution is -2.45. The Hall–Kier alpha value is -4.59. The highest BCUT2D eigenvalue weighted by molar-refractivity contribution is 5.94. The van der Waals surface area contributed by atoms with Crippen LogP contribution in [0.3, 0.4) is 0 Å². The molecule has 43 heavy (non-hydrogen) atoms. The monoisotopic (exact) mass is 579 g/mol. The molecule has 222 valence electrons. The highest BCUT2D eigenvalue weighted by Gasteiger charge is 2.47. The number of para-hydroxylation sites is 1. The SMILES string of the molecule is CC(C)COC(=O)N1CCC2(CC1)CC(Oc1ccccc1CC(=O)O)c1cc(-c3ccc4ccnc(N)c4c3)ccc12. The van der Waals surface area contributed by atoms with Crippen LogP contribution in [0.1, 0.15) is 55.9 Å². The van der Waals surface area contributed by atoms with Crippen molar-refractivity contribution in [1.29, 1.82) is 0 Å². The molecule has 1 aliphatic carbocycles. The Labute approximate surface area is 251 Å². The van der Waals surface area contributed by atoms with Crippen molar-refractivity contribution in [3.63, 3.8) is 0 Å². The average molecular weight is 580 g/mol. The van der Waals surface area contributed by atoms with Gasteiger partial charge in [0.05, 0.1) is 13.0 Å². The number of anilines is 1. The molecule has 0 radical (unpaired) electrons. The number of likely N-dealkylation sites (tertiary alicyclic amines) is 1. The average Bonchev–Trinajstić information content (AvgIpc) is 3.28. The Morgan fingerprint density at radius 1 is 1.05 bits per heavy atom. The number of pyridine rings is 1. The first-order valence-electron chi connectivity index (χ1n) is 14.9. The molecule has 4 aromatic rings. The highest BCUT2D eigenvalue weighted by atomic mass is 16.6. The topological polar surface area (TPSA) is 115 Å². The quantitative estimate of drug-likeness (QED) is 0.249. The van der Waals surface area contributed by atoms with E-state index in [4.69, 9.17) is 15.2 Å². The van der Waals surface area contributed by atoms with Gasteiger partial charge in [-0.1, -0.05) is 56.3 Å². The third kappa shape index (κ3) is 5.74. The summed E-state index contributed by atoms with van der Waals surface area (Å²) in [6.07, 6.45) is 3.42. The van der Waals surface area contributed by atoms with E-state index in [1.807, 2.05) is 43.0 Å². The minimum absolute atomic E-state index is 0.110. The molecule has 1 amide bonds. The van der Waals surface area contributed by atoms with E-state index < -0.39 is 5.97 Å². The van der Waals surface area contributed by atoms with Gasteiger partial charge in [-0.15, -0.1) is 0 Å². The van der Waals surface area contributed by atoms with Gasteiger partial charge in [0, 0.05) is 35.7 Å². The summed E-state index contributed by atoms with van der Waals surface area (Å²) in [7, 11) is 0. The number of carboxylic acid groups (broad SMARTS) is 1. The van der Waals surface area contributed by atoms with E-state index in [0.29, 0.717) is 36.8 Å². The maximum atomic E-state index is 12.7. The summed E-state index contributed by atoms with van der Waals surface area (Å²) in [4.78, 5) is 30.4. The van der Waals surface area contributed by atoms with Gasteiger partial charge in [-0.05, 0) is 77.1 Å². The molecule has 8 nitrogen and oxygen atoms in total. The standard InChI is InChI=1S/C35H37N3O5/c1-22(2)21-42-34(41)38-15-12-35(13-16-38)20-31(43-30-6-4-3-5-26(30)19-32(39)40)28-18-25(9-10-29(28)35)24-8-7-23-11-14-37-33(36)27(23)17-24/h3-11,14,17-18,22,31H,12-13,15-16,19-21H2,1-2H3,(H2,36,37)(H,39,40). The van der Waals surface area contributed by atoms with Gasteiger partial charge in [-0.2, -0.15) is 0 Å². The van der Waals surface area contributed by atoms with E-state index in [9.17, 15) is 14.7 Å². The summed E-state index contributed by atoms with van der Waals surface area (Å²) < 4.78 is 12.2. The number of nitrogen functional groups attached to an aromatic ring is 1. The maximum absolute atomic E-state index is 12.7. The second-order valence-electron chi connectivity index (χ2n) is 12.2. The number of nitrogens with two attached hydrogens (primary N) is 1. The van der Waals surface area contributed by atoms with Crippen molar-refractivity contribution in [2.45, 2.75) is 51.0 Å². The van der Waals surface area contributed by atoms with Crippen LogP contribution in [0.5, 0.6) is 5.75 Å². The lowest BCUT2D eigenvalue weighted by atomic mass is 9.73. The first-order chi connectivity index (χ1) is 20.7. The first-order valence-corrected chi connectivity index (χ1v) is 14.9. The van der Waals surface area contributed by atoms with Gasteiger partial charge < -0.3 is 25.2 Å². The minimum atomic E-state index is -0.900. The molecule has 2 aliphatic rings. The largest absolute Gasteiger partial charge is 0.485 e. The van der Waals surface area contributed by atoms with Crippen LogP contribution >= 0.6 is 0 Å². The molecule has 3 aromatic carbocycles. The maximum Gasteiger partial charge on any atom is 0.409 e. The Morgan fingerprint density at radius 3 is 2.56 bits per heavy atom. The van der Waals surface area contributed by atoms with Gasteiger partial charge in [0.2, 0.25) is 0 Å². The Morgan fingerprint density at radius 2 is 1.79 bits per heavy atom. The summed E-state index contributed by atoms with van der Waals surface area (Å²) >= 11 is 0. The summed E-state index contributed by atoms with van der Waals surface area (Å²) in [5.41, 5.74) is 11.1. The van der Waals surface area contributed by atoms with Crippen LogP contribution in [-0.4, -0.2) is 46.7 Å². The van der Waals surface area contributed by atoms with Crippen LogP contribution in [0.15, 0.2) is 72.9 Å². The number of benzene rings is 3. The first kappa shape index (κ1) is 28.5. The molecule has 1 fully saturated rings. The van der Waals surface area contributed by atoms with Crippen molar-refractivity contribution in [3.8, 4) is 16.9 Å². The van der Waals surface area contributed by atoms with Gasteiger partial charge in [0.1, 0.15) is 17.7 Å². The molecule has 1 atom stereocenters. The number of hydrogen-bond donors (Lipinski definition) is 2. The summed E-state index contributed by atoms with van der Waals surface area (Å²) in [6, 6.07) is 22.1. The number of amides is 1.